The Balaban J connectivity index is 2.12. The summed E-state index contributed by atoms with van der Waals surface area (Å²) in [6.45, 7) is 3.97. The minimum atomic E-state index is -1.86. The Morgan fingerprint density at radius 2 is 1.71 bits per heavy atom. The highest BCUT2D eigenvalue weighted by Gasteiger charge is 2.33. The normalized spacial score (nSPS) is 11.5. The quantitative estimate of drug-likeness (QED) is 0.695. The molecule has 0 saturated carbocycles. The largest absolute Gasteiger partial charge is 0.508 e. The number of aliphatic carboxylic acids is 1. The number of halogens is 2. The molecule has 0 saturated heterocycles. The number of aromatic hydroxyl groups is 1. The van der Waals surface area contributed by atoms with E-state index in [0.29, 0.717) is 17.1 Å². The second kappa shape index (κ2) is 7.32. The summed E-state index contributed by atoms with van der Waals surface area (Å²) < 4.78 is 3.91. The maximum atomic E-state index is 10.9. The Morgan fingerprint density at radius 3 is 2.25 bits per heavy atom. The van der Waals surface area contributed by atoms with Crippen LogP contribution in [0, 0.1) is 0 Å². The van der Waals surface area contributed by atoms with E-state index < -0.39 is 10.3 Å². The van der Waals surface area contributed by atoms with Crippen LogP contribution >= 0.6 is 23.2 Å². The molecule has 2 rings (SSSR count). The summed E-state index contributed by atoms with van der Waals surface area (Å²) in [5, 5.41) is 18.8. The van der Waals surface area contributed by atoms with Crippen LogP contribution in [0.1, 0.15) is 30.9 Å². The van der Waals surface area contributed by atoms with Gasteiger partial charge in [0, 0.05) is 12.0 Å². The summed E-state index contributed by atoms with van der Waals surface area (Å²) in [5.41, 5.74) is 1.49. The average Bonchev–Trinajstić information content (AvgIpc) is 2.50. The smallest absolute Gasteiger partial charge is 0.340 e. The van der Waals surface area contributed by atoms with Crippen LogP contribution in [0.4, 0.5) is 0 Å². The van der Waals surface area contributed by atoms with Crippen LogP contribution in [-0.2, 0) is 11.2 Å². The second-order valence-electron chi connectivity index (χ2n) is 5.81. The summed E-state index contributed by atoms with van der Waals surface area (Å²) >= 11 is 11.5. The Kier molecular flexibility index (Phi) is 5.62. The number of carbonyl (C=O) groups is 1. The van der Waals surface area contributed by atoms with Gasteiger partial charge in [-0.1, -0.05) is 49.2 Å². The highest BCUT2D eigenvalue weighted by atomic mass is 35.5. The van der Waals surface area contributed by atoms with E-state index in [-0.39, 0.29) is 18.1 Å². The molecule has 2 N–H and O–H groups in total. The number of rotatable bonds is 6. The van der Waals surface area contributed by atoms with E-state index >= 15 is 0 Å². The van der Waals surface area contributed by atoms with Gasteiger partial charge in [0.25, 0.3) is 0 Å². The molecule has 0 unspecified atom stereocenters. The molecule has 24 heavy (non-hydrogen) atoms. The lowest BCUT2D eigenvalue weighted by Gasteiger charge is -2.15. The number of alkyl halides is 2. The summed E-state index contributed by atoms with van der Waals surface area (Å²) in [5.74, 6) is 0.328. The number of carboxylic acids is 1. The molecule has 0 aromatic heterocycles. The second-order valence-corrected chi connectivity index (χ2v) is 7.29. The standard InChI is InChI=1S/C18H18Cl2O4/c1-11(2)15-9-14(7-8-16(15)21)24-13-5-3-12(4-6-13)10-18(19,20)17(22)23/h3-9,11,21H,10H2,1-2H3,(H,22,23). The highest BCUT2D eigenvalue weighted by Crippen LogP contribution is 2.32. The van der Waals surface area contributed by atoms with Crippen LogP contribution in [0.3, 0.4) is 0 Å². The van der Waals surface area contributed by atoms with Crippen LogP contribution in [0.2, 0.25) is 0 Å². The zero-order valence-corrected chi connectivity index (χ0v) is 14.8. The molecule has 0 atom stereocenters. The third-order valence-electron chi connectivity index (χ3n) is 3.52. The van der Waals surface area contributed by atoms with E-state index in [2.05, 4.69) is 0 Å². The Labute approximate surface area is 150 Å². The molecular formula is C18H18Cl2O4. The summed E-state index contributed by atoms with van der Waals surface area (Å²) in [6, 6.07) is 11.9. The molecule has 0 fully saturated rings. The number of hydrogen-bond donors (Lipinski definition) is 2. The average molecular weight is 369 g/mol. The minimum absolute atomic E-state index is 0.0115. The van der Waals surface area contributed by atoms with Crippen molar-refractivity contribution in [2.24, 2.45) is 0 Å². The van der Waals surface area contributed by atoms with E-state index in [1.807, 2.05) is 13.8 Å². The molecule has 2 aromatic rings. The first-order valence-electron chi connectivity index (χ1n) is 7.40. The van der Waals surface area contributed by atoms with E-state index in [0.717, 1.165) is 5.56 Å². The van der Waals surface area contributed by atoms with Crippen molar-refractivity contribution in [1.29, 1.82) is 0 Å². The van der Waals surface area contributed by atoms with Crippen LogP contribution in [0.25, 0.3) is 0 Å². The summed E-state index contributed by atoms with van der Waals surface area (Å²) in [7, 11) is 0. The SMILES string of the molecule is CC(C)c1cc(Oc2ccc(CC(Cl)(Cl)C(=O)O)cc2)ccc1O. The third-order valence-corrected chi connectivity index (χ3v) is 4.11. The van der Waals surface area contributed by atoms with Crippen molar-refractivity contribution in [2.75, 3.05) is 0 Å². The van der Waals surface area contributed by atoms with Crippen molar-refractivity contribution in [1.82, 2.24) is 0 Å². The van der Waals surface area contributed by atoms with E-state index in [1.165, 1.54) is 0 Å². The fraction of sp³-hybridized carbons (Fsp3) is 0.278. The van der Waals surface area contributed by atoms with Gasteiger partial charge in [0.15, 0.2) is 0 Å². The molecule has 4 nitrogen and oxygen atoms in total. The first-order valence-corrected chi connectivity index (χ1v) is 8.15. The van der Waals surface area contributed by atoms with Crippen LogP contribution in [-0.4, -0.2) is 20.5 Å². The van der Waals surface area contributed by atoms with Crippen molar-refractivity contribution in [3.63, 3.8) is 0 Å². The van der Waals surface area contributed by atoms with Gasteiger partial charge in [0.2, 0.25) is 4.33 Å². The van der Waals surface area contributed by atoms with Gasteiger partial charge in [0.1, 0.15) is 17.2 Å². The van der Waals surface area contributed by atoms with Crippen LogP contribution < -0.4 is 4.74 Å². The minimum Gasteiger partial charge on any atom is -0.508 e. The fourth-order valence-corrected chi connectivity index (χ4v) is 2.51. The van der Waals surface area contributed by atoms with Gasteiger partial charge in [-0.2, -0.15) is 0 Å². The zero-order chi connectivity index (χ0) is 17.9. The van der Waals surface area contributed by atoms with Crippen molar-refractivity contribution < 1.29 is 19.7 Å². The Bertz CT molecular complexity index is 724. The van der Waals surface area contributed by atoms with Crippen molar-refractivity contribution in [3.05, 3.63) is 53.6 Å². The summed E-state index contributed by atoms with van der Waals surface area (Å²) in [4.78, 5) is 10.9. The number of benzene rings is 2. The molecule has 0 aliphatic carbocycles. The lowest BCUT2D eigenvalue weighted by Crippen LogP contribution is -2.28. The molecular weight excluding hydrogens is 351 g/mol. The van der Waals surface area contributed by atoms with Gasteiger partial charge < -0.3 is 14.9 Å². The molecule has 0 heterocycles. The maximum Gasteiger partial charge on any atom is 0.340 e. The maximum absolute atomic E-state index is 10.9. The predicted octanol–water partition coefficient (Wildman–Crippen LogP) is 5.11. The molecule has 0 radical (unpaired) electrons. The number of ether oxygens (including phenoxy) is 1. The molecule has 128 valence electrons. The number of phenols is 1. The fourth-order valence-electron chi connectivity index (χ4n) is 2.20. The Morgan fingerprint density at radius 1 is 1.12 bits per heavy atom. The first kappa shape index (κ1) is 18.4. The number of phenolic OH excluding ortho intramolecular Hbond substituents is 1. The van der Waals surface area contributed by atoms with Gasteiger partial charge in [-0.15, -0.1) is 0 Å². The zero-order valence-electron chi connectivity index (χ0n) is 13.3. The van der Waals surface area contributed by atoms with Crippen LogP contribution in [0.15, 0.2) is 42.5 Å². The lowest BCUT2D eigenvalue weighted by molar-refractivity contribution is -0.137. The number of carboxylic acid groups (broad SMARTS) is 1. The molecule has 0 aliphatic heterocycles. The molecule has 0 spiro atoms. The van der Waals surface area contributed by atoms with Gasteiger partial charge in [-0.05, 0) is 41.8 Å². The van der Waals surface area contributed by atoms with Crippen molar-refractivity contribution in [2.45, 2.75) is 30.5 Å². The van der Waals surface area contributed by atoms with Gasteiger partial charge in [0.05, 0.1) is 0 Å². The topological polar surface area (TPSA) is 66.8 Å². The van der Waals surface area contributed by atoms with E-state index in [1.54, 1.807) is 42.5 Å². The lowest BCUT2D eigenvalue weighted by atomic mass is 10.0. The molecule has 0 amide bonds. The third kappa shape index (κ3) is 4.56. The van der Waals surface area contributed by atoms with Gasteiger partial charge >= 0.3 is 5.97 Å². The van der Waals surface area contributed by atoms with Crippen LogP contribution in [0.5, 0.6) is 17.2 Å². The highest BCUT2D eigenvalue weighted by molar-refractivity contribution is 6.57. The van der Waals surface area contributed by atoms with Gasteiger partial charge in [-0.3, -0.25) is 0 Å². The summed E-state index contributed by atoms with van der Waals surface area (Å²) in [6.07, 6.45) is -0.0115. The molecule has 6 heteroatoms. The first-order chi connectivity index (χ1) is 11.2. The molecule has 2 aromatic carbocycles. The van der Waals surface area contributed by atoms with E-state index in [4.69, 9.17) is 33.0 Å². The number of hydrogen-bond acceptors (Lipinski definition) is 3. The molecule has 0 aliphatic rings. The van der Waals surface area contributed by atoms with E-state index in [9.17, 15) is 9.90 Å². The van der Waals surface area contributed by atoms with Gasteiger partial charge in [-0.25, -0.2) is 4.79 Å². The van der Waals surface area contributed by atoms with Crippen molar-refractivity contribution >= 4 is 29.2 Å². The monoisotopic (exact) mass is 368 g/mol. The predicted molar refractivity (Wildman–Crippen MR) is 94.5 cm³/mol. The Hall–Kier alpha value is -1.91. The molecule has 0 bridgehead atoms. The van der Waals surface area contributed by atoms with Crippen molar-refractivity contribution in [3.8, 4) is 17.2 Å².